The van der Waals surface area contributed by atoms with E-state index in [2.05, 4.69) is 15.3 Å². The van der Waals surface area contributed by atoms with Gasteiger partial charge in [0.15, 0.2) is 5.96 Å². The Hall–Kier alpha value is -1.57. The summed E-state index contributed by atoms with van der Waals surface area (Å²) in [5, 5.41) is 3.34. The lowest BCUT2D eigenvalue weighted by atomic mass is 10.1. The van der Waals surface area contributed by atoms with Gasteiger partial charge < -0.3 is 15.5 Å². The molecule has 1 aliphatic rings. The quantitative estimate of drug-likeness (QED) is 0.325. The zero-order valence-electron chi connectivity index (χ0n) is 13.8. The van der Waals surface area contributed by atoms with Crippen molar-refractivity contribution in [2.75, 3.05) is 0 Å². The predicted octanol–water partition coefficient (Wildman–Crippen LogP) is 4.09. The second-order valence-electron chi connectivity index (χ2n) is 6.04. The molecule has 0 aliphatic heterocycles. The monoisotopic (exact) mass is 440 g/mol. The van der Waals surface area contributed by atoms with Crippen LogP contribution < -0.4 is 11.1 Å². The van der Waals surface area contributed by atoms with Crippen molar-refractivity contribution < 1.29 is 4.42 Å². The van der Waals surface area contributed by atoms with E-state index in [0.717, 1.165) is 11.3 Å². The molecule has 0 amide bonds. The van der Waals surface area contributed by atoms with Crippen LogP contribution in [0, 0.1) is 0 Å². The second kappa shape index (κ2) is 9.66. The van der Waals surface area contributed by atoms with Crippen molar-refractivity contribution in [3.8, 4) is 11.5 Å². The Labute approximate surface area is 160 Å². The van der Waals surface area contributed by atoms with Crippen molar-refractivity contribution in [3.05, 3.63) is 42.3 Å². The number of aliphatic imine (C=N–C) groups is 1. The third-order valence-electron chi connectivity index (χ3n) is 4.19. The maximum Gasteiger partial charge on any atom is 0.226 e. The highest BCUT2D eigenvalue weighted by atomic mass is 127. The number of hydrogen-bond donors (Lipinski definition) is 2. The lowest BCUT2D eigenvalue weighted by Gasteiger charge is -2.16. The third kappa shape index (κ3) is 5.51. The van der Waals surface area contributed by atoms with E-state index in [4.69, 9.17) is 10.2 Å². The van der Waals surface area contributed by atoms with Crippen LogP contribution in [0.1, 0.15) is 44.2 Å². The Morgan fingerprint density at radius 1 is 1.17 bits per heavy atom. The van der Waals surface area contributed by atoms with Gasteiger partial charge in [0.25, 0.3) is 0 Å². The Morgan fingerprint density at radius 2 is 1.88 bits per heavy atom. The minimum Gasteiger partial charge on any atom is -0.444 e. The number of nitrogens with zero attached hydrogens (tertiary/aromatic N) is 2. The molecule has 0 bridgehead atoms. The minimum atomic E-state index is 0. The first-order valence-corrected chi connectivity index (χ1v) is 8.37. The van der Waals surface area contributed by atoms with Crippen LogP contribution in [-0.2, 0) is 6.54 Å². The number of guanidine groups is 1. The summed E-state index contributed by atoms with van der Waals surface area (Å²) >= 11 is 0. The average molecular weight is 440 g/mol. The molecular weight excluding hydrogens is 415 g/mol. The molecule has 1 fully saturated rings. The van der Waals surface area contributed by atoms with Crippen LogP contribution in [0.4, 0.5) is 0 Å². The largest absolute Gasteiger partial charge is 0.444 e. The van der Waals surface area contributed by atoms with E-state index in [1.807, 2.05) is 30.3 Å². The highest BCUT2D eigenvalue weighted by Gasteiger charge is 2.12. The van der Waals surface area contributed by atoms with Gasteiger partial charge in [0.1, 0.15) is 12.0 Å². The molecule has 6 heteroatoms. The van der Waals surface area contributed by atoms with E-state index in [1.165, 1.54) is 38.5 Å². The third-order valence-corrected chi connectivity index (χ3v) is 4.19. The summed E-state index contributed by atoms with van der Waals surface area (Å²) in [4.78, 5) is 8.84. The fraction of sp³-hybridized carbons (Fsp3) is 0.444. The Balaban J connectivity index is 0.00000208. The van der Waals surface area contributed by atoms with Gasteiger partial charge >= 0.3 is 0 Å². The molecule has 0 spiro atoms. The van der Waals surface area contributed by atoms with Gasteiger partial charge in [-0.1, -0.05) is 43.9 Å². The van der Waals surface area contributed by atoms with Gasteiger partial charge in [0.05, 0.1) is 6.54 Å². The molecule has 5 nitrogen and oxygen atoms in total. The minimum absolute atomic E-state index is 0. The Kier molecular flexibility index (Phi) is 7.55. The fourth-order valence-electron chi connectivity index (χ4n) is 2.94. The molecule has 1 heterocycles. The molecule has 0 radical (unpaired) electrons. The number of halogens is 1. The summed E-state index contributed by atoms with van der Waals surface area (Å²) < 4.78 is 5.51. The van der Waals surface area contributed by atoms with Gasteiger partial charge in [-0.25, -0.2) is 9.98 Å². The fourth-order valence-corrected chi connectivity index (χ4v) is 2.94. The SMILES string of the molecule is I.NC(=NCc1coc(-c2ccccc2)n1)NC1CCCCCC1. The van der Waals surface area contributed by atoms with Gasteiger partial charge in [0, 0.05) is 11.6 Å². The molecule has 1 aliphatic carbocycles. The van der Waals surface area contributed by atoms with Crippen molar-refractivity contribution in [3.63, 3.8) is 0 Å². The average Bonchev–Trinajstić information content (AvgIpc) is 2.91. The molecular formula is C18H25IN4O. The molecule has 3 N–H and O–H groups in total. The van der Waals surface area contributed by atoms with E-state index in [9.17, 15) is 0 Å². The van der Waals surface area contributed by atoms with Crippen molar-refractivity contribution in [1.29, 1.82) is 0 Å². The standard InChI is InChI=1S/C18H24N4O.HI/c19-18(22-15-10-6-1-2-7-11-15)20-12-16-13-23-17(21-16)14-8-4-3-5-9-14;/h3-5,8-9,13,15H,1-2,6-7,10-12H2,(H3,19,20,22);1H. The van der Waals surface area contributed by atoms with Crippen molar-refractivity contribution >= 4 is 29.9 Å². The van der Waals surface area contributed by atoms with E-state index < -0.39 is 0 Å². The highest BCUT2D eigenvalue weighted by Crippen LogP contribution is 2.18. The summed E-state index contributed by atoms with van der Waals surface area (Å²) in [5.41, 5.74) is 7.75. The molecule has 1 aromatic heterocycles. The van der Waals surface area contributed by atoms with E-state index in [0.29, 0.717) is 24.4 Å². The van der Waals surface area contributed by atoms with Gasteiger partial charge in [-0.05, 0) is 25.0 Å². The lowest BCUT2D eigenvalue weighted by Crippen LogP contribution is -2.39. The van der Waals surface area contributed by atoms with E-state index in [1.54, 1.807) is 6.26 Å². The number of oxazole rings is 1. The van der Waals surface area contributed by atoms with Crippen molar-refractivity contribution in [1.82, 2.24) is 10.3 Å². The zero-order valence-corrected chi connectivity index (χ0v) is 16.1. The molecule has 1 saturated carbocycles. The second-order valence-corrected chi connectivity index (χ2v) is 6.04. The number of hydrogen-bond acceptors (Lipinski definition) is 3. The first kappa shape index (κ1) is 18.8. The van der Waals surface area contributed by atoms with Gasteiger partial charge in [-0.3, -0.25) is 0 Å². The first-order chi connectivity index (χ1) is 11.3. The summed E-state index contributed by atoms with van der Waals surface area (Å²) in [5.74, 6) is 1.12. The lowest BCUT2D eigenvalue weighted by molar-refractivity contribution is 0.530. The molecule has 24 heavy (non-hydrogen) atoms. The van der Waals surface area contributed by atoms with Crippen LogP contribution in [0.5, 0.6) is 0 Å². The van der Waals surface area contributed by atoms with Gasteiger partial charge in [-0.15, -0.1) is 24.0 Å². The smallest absolute Gasteiger partial charge is 0.226 e. The van der Waals surface area contributed by atoms with Crippen LogP contribution in [0.3, 0.4) is 0 Å². The predicted molar refractivity (Wildman–Crippen MR) is 107 cm³/mol. The highest BCUT2D eigenvalue weighted by molar-refractivity contribution is 14.0. The van der Waals surface area contributed by atoms with Crippen molar-refractivity contribution in [2.24, 2.45) is 10.7 Å². The van der Waals surface area contributed by atoms with E-state index in [-0.39, 0.29) is 24.0 Å². The van der Waals surface area contributed by atoms with Gasteiger partial charge in [-0.2, -0.15) is 0 Å². The topological polar surface area (TPSA) is 76.4 Å². The summed E-state index contributed by atoms with van der Waals surface area (Å²) in [6.45, 7) is 0.432. The van der Waals surface area contributed by atoms with Crippen LogP contribution in [0.2, 0.25) is 0 Å². The van der Waals surface area contributed by atoms with Crippen LogP contribution in [0.15, 0.2) is 46.0 Å². The molecule has 0 unspecified atom stereocenters. The molecule has 0 atom stereocenters. The summed E-state index contributed by atoms with van der Waals surface area (Å²) in [6, 6.07) is 10.3. The molecule has 3 rings (SSSR count). The molecule has 0 saturated heterocycles. The van der Waals surface area contributed by atoms with Crippen molar-refractivity contribution in [2.45, 2.75) is 51.1 Å². The summed E-state index contributed by atoms with van der Waals surface area (Å²) in [7, 11) is 0. The van der Waals surface area contributed by atoms with Gasteiger partial charge in [0.2, 0.25) is 5.89 Å². The Morgan fingerprint density at radius 3 is 2.58 bits per heavy atom. The van der Waals surface area contributed by atoms with Crippen LogP contribution >= 0.6 is 24.0 Å². The number of aromatic nitrogens is 1. The van der Waals surface area contributed by atoms with Crippen LogP contribution in [-0.4, -0.2) is 17.0 Å². The molecule has 130 valence electrons. The van der Waals surface area contributed by atoms with E-state index >= 15 is 0 Å². The number of benzene rings is 1. The normalized spacial score (nSPS) is 16.2. The Bertz CT molecular complexity index is 633. The number of nitrogens with one attached hydrogen (secondary N) is 1. The number of rotatable bonds is 4. The molecule has 1 aromatic carbocycles. The first-order valence-electron chi connectivity index (χ1n) is 8.37. The van der Waals surface area contributed by atoms with Crippen LogP contribution in [0.25, 0.3) is 11.5 Å². The number of nitrogens with two attached hydrogens (primary N) is 1. The maximum atomic E-state index is 6.00. The molecule has 2 aromatic rings. The zero-order chi connectivity index (χ0) is 15.9. The summed E-state index contributed by atoms with van der Waals surface area (Å²) in [6.07, 6.45) is 9.21. The maximum absolute atomic E-state index is 6.00.